The molecule has 0 bridgehead atoms. The third-order valence-electron chi connectivity index (χ3n) is 5.04. The maximum absolute atomic E-state index is 13.1. The van der Waals surface area contributed by atoms with E-state index in [0.717, 1.165) is 34.3 Å². The Balaban J connectivity index is 1.66. The third kappa shape index (κ3) is 2.45. The average Bonchev–Trinajstić information content (AvgIpc) is 3.34. The minimum atomic E-state index is -1.14. The molecule has 27 heavy (non-hydrogen) atoms. The van der Waals surface area contributed by atoms with E-state index >= 15 is 0 Å². The van der Waals surface area contributed by atoms with Crippen molar-refractivity contribution in [3.8, 4) is 0 Å². The monoisotopic (exact) mass is 399 g/mol. The first-order valence-electron chi connectivity index (χ1n) is 8.57. The van der Waals surface area contributed by atoms with Gasteiger partial charge in [-0.05, 0) is 23.6 Å². The molecule has 4 aromatic rings. The molecule has 4 heterocycles. The molecule has 0 amide bonds. The van der Waals surface area contributed by atoms with Gasteiger partial charge in [-0.1, -0.05) is 12.1 Å². The molecule has 0 radical (unpaired) electrons. The van der Waals surface area contributed by atoms with E-state index < -0.39 is 10.8 Å². The number of nitrogens with one attached hydrogen (secondary N) is 1. The van der Waals surface area contributed by atoms with E-state index in [4.69, 9.17) is 0 Å². The summed E-state index contributed by atoms with van der Waals surface area (Å²) in [5.74, 6) is 0. The lowest BCUT2D eigenvalue weighted by atomic mass is 10.1. The first kappa shape index (κ1) is 16.6. The number of thiazole rings is 1. The van der Waals surface area contributed by atoms with Crippen LogP contribution in [0.3, 0.4) is 0 Å². The number of rotatable bonds is 3. The number of fused-ring (bicyclic) bond motifs is 4. The molecular formula is C18H17N5O2S2. The summed E-state index contributed by atoms with van der Waals surface area (Å²) >= 11 is 1.36. The van der Waals surface area contributed by atoms with Crippen LogP contribution in [0, 0.1) is 0 Å². The van der Waals surface area contributed by atoms with E-state index in [1.807, 2.05) is 13.1 Å². The van der Waals surface area contributed by atoms with Crippen molar-refractivity contribution in [3.63, 3.8) is 0 Å². The standard InChI is InChI=1S/C18H17N5O2S2/c1-22-14-12(15-16(22)21-18(26-15)27(2)25)8-20-23(17(14)24)9-10-4-3-5-13-11(10)6-7-19-13/h3-5,8,19H,6-7,9H2,1-2H3. The minimum Gasteiger partial charge on any atom is -0.384 e. The highest BCUT2D eigenvalue weighted by Crippen LogP contribution is 2.32. The summed E-state index contributed by atoms with van der Waals surface area (Å²) in [6.07, 6.45) is 4.29. The number of anilines is 1. The van der Waals surface area contributed by atoms with E-state index in [1.165, 1.54) is 21.6 Å². The normalized spacial score (nSPS) is 14.6. The number of aryl methyl sites for hydroxylation is 1. The zero-order valence-corrected chi connectivity index (χ0v) is 16.5. The van der Waals surface area contributed by atoms with Crippen LogP contribution in [0.1, 0.15) is 11.1 Å². The number of hydrogen-bond donors (Lipinski definition) is 1. The maximum Gasteiger partial charge on any atom is 0.291 e. The Morgan fingerprint density at radius 3 is 3.04 bits per heavy atom. The fourth-order valence-electron chi connectivity index (χ4n) is 3.73. The van der Waals surface area contributed by atoms with Gasteiger partial charge in [0.15, 0.2) is 9.99 Å². The maximum atomic E-state index is 13.1. The van der Waals surface area contributed by atoms with E-state index in [1.54, 1.807) is 17.0 Å². The molecule has 0 aliphatic carbocycles. The van der Waals surface area contributed by atoms with Crippen LogP contribution in [0.25, 0.3) is 21.3 Å². The van der Waals surface area contributed by atoms with E-state index in [-0.39, 0.29) is 5.56 Å². The molecule has 1 unspecified atom stereocenters. The molecule has 138 valence electrons. The van der Waals surface area contributed by atoms with Crippen LogP contribution in [0.4, 0.5) is 5.69 Å². The van der Waals surface area contributed by atoms with Crippen molar-refractivity contribution in [2.75, 3.05) is 18.1 Å². The summed E-state index contributed by atoms with van der Waals surface area (Å²) in [5.41, 5.74) is 4.65. The van der Waals surface area contributed by atoms with Gasteiger partial charge >= 0.3 is 0 Å². The van der Waals surface area contributed by atoms with Gasteiger partial charge in [0.05, 0.1) is 28.2 Å². The Bertz CT molecular complexity index is 1300. The molecule has 1 aromatic carbocycles. The van der Waals surface area contributed by atoms with Crippen molar-refractivity contribution in [2.24, 2.45) is 7.05 Å². The molecule has 1 aliphatic rings. The van der Waals surface area contributed by atoms with Gasteiger partial charge in [-0.3, -0.25) is 9.00 Å². The van der Waals surface area contributed by atoms with Crippen molar-refractivity contribution in [2.45, 2.75) is 17.3 Å². The van der Waals surface area contributed by atoms with Crippen molar-refractivity contribution in [1.82, 2.24) is 19.3 Å². The molecule has 1 aliphatic heterocycles. The van der Waals surface area contributed by atoms with Crippen molar-refractivity contribution < 1.29 is 4.21 Å². The molecule has 1 N–H and O–H groups in total. The number of hydrogen-bond acceptors (Lipinski definition) is 6. The van der Waals surface area contributed by atoms with Crippen LogP contribution in [0.2, 0.25) is 0 Å². The summed E-state index contributed by atoms with van der Waals surface area (Å²) < 4.78 is 16.5. The second-order valence-electron chi connectivity index (χ2n) is 6.64. The molecule has 9 heteroatoms. The topological polar surface area (TPSA) is 81.8 Å². The Hall–Kier alpha value is -2.52. The Kier molecular flexibility index (Phi) is 3.70. The van der Waals surface area contributed by atoms with Gasteiger partial charge in [0.1, 0.15) is 5.52 Å². The molecule has 0 saturated carbocycles. The summed E-state index contributed by atoms with van der Waals surface area (Å²) in [5, 5.41) is 8.55. The number of aromatic nitrogens is 4. The number of nitrogens with zero attached hydrogens (tertiary/aromatic N) is 4. The van der Waals surface area contributed by atoms with Crippen LogP contribution < -0.4 is 10.9 Å². The van der Waals surface area contributed by atoms with E-state index in [2.05, 4.69) is 27.5 Å². The highest BCUT2D eigenvalue weighted by molar-refractivity contribution is 7.86. The summed E-state index contributed by atoms with van der Waals surface area (Å²) in [7, 11) is 0.679. The molecular weight excluding hydrogens is 382 g/mol. The first-order valence-corrected chi connectivity index (χ1v) is 10.9. The minimum absolute atomic E-state index is 0.136. The van der Waals surface area contributed by atoms with Crippen molar-refractivity contribution >= 4 is 49.1 Å². The molecule has 1 atom stereocenters. The molecule has 0 fully saturated rings. The smallest absolute Gasteiger partial charge is 0.291 e. The predicted octanol–water partition coefficient (Wildman–Crippen LogP) is 2.10. The molecule has 5 rings (SSSR count). The van der Waals surface area contributed by atoms with Crippen LogP contribution in [0.15, 0.2) is 33.5 Å². The van der Waals surface area contributed by atoms with E-state index in [0.29, 0.717) is 22.0 Å². The van der Waals surface area contributed by atoms with Gasteiger partial charge in [-0.15, -0.1) is 11.3 Å². The largest absolute Gasteiger partial charge is 0.384 e. The van der Waals surface area contributed by atoms with Crippen molar-refractivity contribution in [3.05, 3.63) is 45.9 Å². The molecule has 7 nitrogen and oxygen atoms in total. The van der Waals surface area contributed by atoms with Crippen LogP contribution in [-0.2, 0) is 30.8 Å². The zero-order chi connectivity index (χ0) is 18.7. The molecule has 0 spiro atoms. The van der Waals surface area contributed by atoms with Gasteiger partial charge in [-0.2, -0.15) is 5.10 Å². The van der Waals surface area contributed by atoms with Gasteiger partial charge in [0.2, 0.25) is 0 Å². The lowest BCUT2D eigenvalue weighted by Gasteiger charge is -2.09. The van der Waals surface area contributed by atoms with Gasteiger partial charge < -0.3 is 9.88 Å². The SMILES string of the molecule is Cn1c2nc(S(C)=O)sc2c2cnn(Cc3cccc4c3CCN4)c(=O)c21. The molecule has 3 aromatic heterocycles. The summed E-state index contributed by atoms with van der Waals surface area (Å²) in [4.78, 5) is 17.6. The lowest BCUT2D eigenvalue weighted by Crippen LogP contribution is -2.25. The van der Waals surface area contributed by atoms with Crippen LogP contribution >= 0.6 is 11.3 Å². The summed E-state index contributed by atoms with van der Waals surface area (Å²) in [6, 6.07) is 6.13. The second-order valence-corrected chi connectivity index (χ2v) is 9.19. The summed E-state index contributed by atoms with van der Waals surface area (Å²) in [6.45, 7) is 1.37. The lowest BCUT2D eigenvalue weighted by molar-refractivity contribution is 0.641. The Morgan fingerprint density at radius 1 is 1.37 bits per heavy atom. The predicted molar refractivity (Wildman–Crippen MR) is 108 cm³/mol. The average molecular weight is 400 g/mol. The van der Waals surface area contributed by atoms with Crippen LogP contribution in [0.5, 0.6) is 0 Å². The second kappa shape index (κ2) is 6.00. The third-order valence-corrected chi connectivity index (χ3v) is 7.44. The first-order chi connectivity index (χ1) is 13.0. The Labute approximate surface area is 161 Å². The molecule has 0 saturated heterocycles. The van der Waals surface area contributed by atoms with Crippen LogP contribution in [-0.4, -0.2) is 36.3 Å². The fourth-order valence-corrected chi connectivity index (χ4v) is 5.51. The van der Waals surface area contributed by atoms with Gasteiger partial charge in [-0.25, -0.2) is 9.67 Å². The highest BCUT2D eigenvalue weighted by Gasteiger charge is 2.20. The Morgan fingerprint density at radius 2 is 2.22 bits per heavy atom. The van der Waals surface area contributed by atoms with E-state index in [9.17, 15) is 9.00 Å². The highest BCUT2D eigenvalue weighted by atomic mass is 32.2. The van der Waals surface area contributed by atoms with Gasteiger partial charge in [0, 0.05) is 30.9 Å². The number of benzene rings is 1. The fraction of sp³-hybridized carbons (Fsp3) is 0.278. The van der Waals surface area contributed by atoms with Gasteiger partial charge in [0.25, 0.3) is 5.56 Å². The quantitative estimate of drug-likeness (QED) is 0.571. The van der Waals surface area contributed by atoms with Crippen molar-refractivity contribution in [1.29, 1.82) is 0 Å². The zero-order valence-electron chi connectivity index (χ0n) is 14.9.